The second-order valence-electron chi connectivity index (χ2n) is 11.1. The van der Waals surface area contributed by atoms with Gasteiger partial charge in [-0.2, -0.15) is 18.3 Å². The van der Waals surface area contributed by atoms with E-state index >= 15 is 0 Å². The average Bonchev–Trinajstić information content (AvgIpc) is 3.54. The number of carbonyl (C=O) groups is 4. The van der Waals surface area contributed by atoms with Crippen molar-refractivity contribution in [3.8, 4) is 11.3 Å². The van der Waals surface area contributed by atoms with Gasteiger partial charge in [-0.1, -0.05) is 25.4 Å². The van der Waals surface area contributed by atoms with Crippen molar-refractivity contribution < 1.29 is 46.2 Å². The van der Waals surface area contributed by atoms with Crippen LogP contribution in [-0.2, 0) is 18.0 Å². The number of carbonyl (C=O) groups excluding carboxylic acids is 3. The summed E-state index contributed by atoms with van der Waals surface area (Å²) in [6.45, 7) is 5.60. The second-order valence-corrected chi connectivity index (χ2v) is 11.5. The van der Waals surface area contributed by atoms with E-state index in [-0.39, 0.29) is 52.0 Å². The topological polar surface area (TPSA) is 169 Å². The molecule has 13 nitrogen and oxygen atoms in total. The maximum absolute atomic E-state index is 13.7. The number of nitrogens with zero attached hydrogens (tertiary/aromatic N) is 6. The minimum atomic E-state index is -4.94. The van der Waals surface area contributed by atoms with Crippen LogP contribution >= 0.6 is 11.6 Å². The zero-order chi connectivity index (χ0) is 35.7. The molecule has 1 aliphatic carbocycles. The van der Waals surface area contributed by atoms with Crippen LogP contribution in [0, 0.1) is 11.8 Å². The molecule has 6 rings (SSSR count). The van der Waals surface area contributed by atoms with Crippen molar-refractivity contribution in [3.05, 3.63) is 52.7 Å². The van der Waals surface area contributed by atoms with Crippen molar-refractivity contribution >= 4 is 41.6 Å². The summed E-state index contributed by atoms with van der Waals surface area (Å²) in [7, 11) is 1.31. The minimum absolute atomic E-state index is 0.0678. The van der Waals surface area contributed by atoms with E-state index in [1.165, 1.54) is 25.2 Å². The number of alkyl halides is 5. The lowest BCUT2D eigenvalue weighted by Crippen LogP contribution is -2.38. The van der Waals surface area contributed by atoms with Crippen LogP contribution < -0.4 is 11.1 Å². The predicted molar refractivity (Wildman–Crippen MR) is 162 cm³/mol. The predicted octanol–water partition coefficient (Wildman–Crippen LogP) is 4.60. The Balaban J connectivity index is 0.000000986. The molecule has 3 aliphatic rings. The number of halogens is 6. The summed E-state index contributed by atoms with van der Waals surface area (Å²) in [5.74, 6) is -4.27. The minimum Gasteiger partial charge on any atom is -0.483 e. The average molecular weight is 703 g/mol. The first-order valence-electron chi connectivity index (χ1n) is 14.6. The Kier molecular flexibility index (Phi) is 10.4. The summed E-state index contributed by atoms with van der Waals surface area (Å²) < 4.78 is 69.9. The van der Waals surface area contributed by atoms with E-state index in [9.17, 15) is 36.3 Å². The molecule has 3 atom stereocenters. The number of fused-ring (bicyclic) bond motifs is 1. The van der Waals surface area contributed by atoms with Crippen LogP contribution in [0.1, 0.15) is 53.0 Å². The van der Waals surface area contributed by atoms with E-state index in [1.807, 2.05) is 13.8 Å². The van der Waals surface area contributed by atoms with E-state index in [2.05, 4.69) is 15.4 Å². The number of amides is 4. The number of rotatable bonds is 5. The Morgan fingerprint density at radius 1 is 1.10 bits per heavy atom. The molecule has 0 spiro atoms. The lowest BCUT2D eigenvalue weighted by Gasteiger charge is -2.21. The third kappa shape index (κ3) is 7.22. The van der Waals surface area contributed by atoms with Gasteiger partial charge in [-0.05, 0) is 18.2 Å². The number of imidazole rings is 1. The molecule has 3 fully saturated rings. The van der Waals surface area contributed by atoms with Gasteiger partial charge in [0.15, 0.2) is 11.5 Å². The van der Waals surface area contributed by atoms with Gasteiger partial charge < -0.3 is 30.5 Å². The molecule has 48 heavy (non-hydrogen) atoms. The molecule has 2 saturated heterocycles. The zero-order valence-corrected chi connectivity index (χ0v) is 26.6. The van der Waals surface area contributed by atoms with Crippen LogP contribution in [0.15, 0.2) is 30.6 Å². The number of hydrogen-bond acceptors (Lipinski definition) is 6. The molecule has 19 heteroatoms. The van der Waals surface area contributed by atoms with E-state index < -0.39 is 47.8 Å². The summed E-state index contributed by atoms with van der Waals surface area (Å²) in [5, 5.41) is 12.9. The van der Waals surface area contributed by atoms with Crippen LogP contribution in [0.3, 0.4) is 0 Å². The van der Waals surface area contributed by atoms with E-state index in [4.69, 9.17) is 27.2 Å². The highest BCUT2D eigenvalue weighted by Crippen LogP contribution is 2.53. The number of nitrogens with one attached hydrogen (secondary N) is 1. The fourth-order valence-electron chi connectivity index (χ4n) is 5.77. The lowest BCUT2D eigenvalue weighted by molar-refractivity contribution is -0.141. The van der Waals surface area contributed by atoms with Gasteiger partial charge in [0.25, 0.3) is 24.2 Å². The zero-order valence-electron chi connectivity index (χ0n) is 25.8. The fraction of sp³-hybridized carbons (Fsp3) is 0.448. The van der Waals surface area contributed by atoms with Crippen molar-refractivity contribution in [3.63, 3.8) is 0 Å². The number of hydrogen-bond donors (Lipinski definition) is 3. The summed E-state index contributed by atoms with van der Waals surface area (Å²) in [6.07, 6.45) is -3.65. The van der Waals surface area contributed by atoms with Crippen molar-refractivity contribution in [2.75, 3.05) is 31.5 Å². The molecule has 1 saturated carbocycles. The Morgan fingerprint density at radius 3 is 2.17 bits per heavy atom. The van der Waals surface area contributed by atoms with Crippen molar-refractivity contribution in [1.82, 2.24) is 29.1 Å². The first-order valence-corrected chi connectivity index (χ1v) is 15.0. The van der Waals surface area contributed by atoms with Gasteiger partial charge in [0.05, 0.1) is 28.0 Å². The second kappa shape index (κ2) is 13.8. The smallest absolute Gasteiger partial charge is 0.435 e. The number of aromatic nitrogens is 4. The fourth-order valence-corrected chi connectivity index (χ4v) is 6.03. The van der Waals surface area contributed by atoms with E-state index in [0.29, 0.717) is 30.9 Å². The van der Waals surface area contributed by atoms with Crippen LogP contribution in [0.25, 0.3) is 11.3 Å². The highest BCUT2D eigenvalue weighted by molar-refractivity contribution is 6.34. The standard InChI is InChI=1S/C26H24ClF5N8O3.C2H6.CH2O2/c1-37-18(16-11-40(19-5-25(19,28)29)36-20(16)26(30,31)32)6-34-21(37)22(41)35-14-2-3-15(17(27)4-14)23(42)38-7-12-9-39(24(33)43)10-13(12)8-38;1-2;2-1-3/h2-4,6,11-13,19H,5,7-10H2,1H3,(H2,33,43)(H,35,41);1-2H3;1H,(H,2,3)/t12-,13+,19?;;. The summed E-state index contributed by atoms with van der Waals surface area (Å²) in [4.78, 5) is 53.1. The number of urea groups is 1. The third-order valence-corrected chi connectivity index (χ3v) is 8.44. The normalized spacial score (nSPS) is 20.6. The van der Waals surface area contributed by atoms with Gasteiger partial charge in [-0.3, -0.25) is 19.1 Å². The van der Waals surface area contributed by atoms with Gasteiger partial charge in [-0.25, -0.2) is 18.6 Å². The van der Waals surface area contributed by atoms with Gasteiger partial charge in [0.1, 0.15) is 6.04 Å². The Labute approximate surface area is 275 Å². The quantitative estimate of drug-likeness (QED) is 0.258. The largest absolute Gasteiger partial charge is 0.483 e. The molecule has 0 bridgehead atoms. The van der Waals surface area contributed by atoms with E-state index in [0.717, 1.165) is 17.0 Å². The first kappa shape index (κ1) is 36.1. The molecule has 4 N–H and O–H groups in total. The maximum Gasteiger partial charge on any atom is 0.435 e. The SMILES string of the molecule is CC.Cn1c(-c2cn(C3CC3(F)F)nc2C(F)(F)F)cnc1C(=O)Nc1ccc(C(=O)N2C[C@H]3CN(C(N)=O)C[C@H]3C2)c(Cl)c1.O=CO. The monoisotopic (exact) mass is 702 g/mol. The Bertz CT molecular complexity index is 1700. The first-order chi connectivity index (χ1) is 22.5. The van der Waals surface area contributed by atoms with Gasteiger partial charge in [0.2, 0.25) is 0 Å². The van der Waals surface area contributed by atoms with Crippen molar-refractivity contribution in [2.24, 2.45) is 24.6 Å². The van der Waals surface area contributed by atoms with Crippen molar-refractivity contribution in [1.29, 1.82) is 0 Å². The summed E-state index contributed by atoms with van der Waals surface area (Å²) in [6, 6.07) is 2.30. The number of carboxylic acid groups (broad SMARTS) is 1. The summed E-state index contributed by atoms with van der Waals surface area (Å²) >= 11 is 6.39. The molecule has 260 valence electrons. The van der Waals surface area contributed by atoms with Crippen LogP contribution in [-0.4, -0.2) is 90.7 Å². The Hall–Kier alpha value is -4.74. The molecular weight excluding hydrogens is 671 g/mol. The summed E-state index contributed by atoms with van der Waals surface area (Å²) in [5.41, 5.74) is 3.75. The molecule has 0 radical (unpaired) electrons. The van der Waals surface area contributed by atoms with Gasteiger partial charge >= 0.3 is 12.2 Å². The number of primary amides is 1. The number of benzene rings is 1. The molecule has 2 aliphatic heterocycles. The van der Waals surface area contributed by atoms with Crippen molar-refractivity contribution in [2.45, 2.75) is 38.4 Å². The molecule has 4 heterocycles. The lowest BCUT2D eigenvalue weighted by atomic mass is 10.0. The molecule has 2 aromatic heterocycles. The number of anilines is 1. The van der Waals surface area contributed by atoms with Gasteiger partial charge in [0, 0.05) is 63.4 Å². The third-order valence-electron chi connectivity index (χ3n) is 8.12. The van der Waals surface area contributed by atoms with Crippen LogP contribution in [0.4, 0.5) is 32.4 Å². The van der Waals surface area contributed by atoms with Crippen LogP contribution in [0.2, 0.25) is 5.02 Å². The van der Waals surface area contributed by atoms with E-state index in [1.54, 1.807) is 9.80 Å². The maximum atomic E-state index is 13.7. The van der Waals surface area contributed by atoms with Crippen LogP contribution in [0.5, 0.6) is 0 Å². The molecular formula is C29H32ClF5N8O5. The molecule has 3 aromatic rings. The highest BCUT2D eigenvalue weighted by atomic mass is 35.5. The number of nitrogens with two attached hydrogens (primary N) is 1. The number of likely N-dealkylation sites (tertiary alicyclic amines) is 2. The molecule has 4 amide bonds. The Morgan fingerprint density at radius 2 is 1.67 bits per heavy atom. The molecule has 1 unspecified atom stereocenters. The van der Waals surface area contributed by atoms with Gasteiger partial charge in [-0.15, -0.1) is 0 Å². The molecule has 1 aromatic carbocycles. The highest BCUT2D eigenvalue weighted by Gasteiger charge is 2.59.